The lowest BCUT2D eigenvalue weighted by molar-refractivity contribution is -0.116. The van der Waals surface area contributed by atoms with Crippen molar-refractivity contribution in [1.29, 1.82) is 0 Å². The summed E-state index contributed by atoms with van der Waals surface area (Å²) in [4.78, 5) is 41.9. The Balaban J connectivity index is 2.39. The van der Waals surface area contributed by atoms with Gasteiger partial charge in [-0.25, -0.2) is 4.79 Å². The summed E-state index contributed by atoms with van der Waals surface area (Å²) in [7, 11) is 1.48. The summed E-state index contributed by atoms with van der Waals surface area (Å²) in [6, 6.07) is 4.95. The van der Waals surface area contributed by atoms with Crippen molar-refractivity contribution in [3.63, 3.8) is 0 Å². The van der Waals surface area contributed by atoms with Crippen LogP contribution >= 0.6 is 35.0 Å². The Hall–Kier alpha value is -1.94. The van der Waals surface area contributed by atoms with Crippen molar-refractivity contribution in [1.82, 2.24) is 9.55 Å². The molecular weight excluding hydrogens is 451 g/mol. The molecule has 164 valence electrons. The molecule has 0 aliphatic rings. The molecule has 2 aromatic rings. The van der Waals surface area contributed by atoms with Gasteiger partial charge in [0.15, 0.2) is 5.69 Å². The van der Waals surface area contributed by atoms with Gasteiger partial charge in [-0.3, -0.25) is 19.1 Å². The van der Waals surface area contributed by atoms with Crippen molar-refractivity contribution in [3.05, 3.63) is 49.1 Å². The Bertz CT molecular complexity index is 1020. The lowest BCUT2D eigenvalue weighted by atomic mass is 10.2. The molecule has 0 aliphatic heterocycles. The van der Waals surface area contributed by atoms with Gasteiger partial charge in [0.25, 0.3) is 5.56 Å². The Labute approximate surface area is 188 Å². The van der Waals surface area contributed by atoms with E-state index in [2.05, 4.69) is 4.98 Å². The predicted molar refractivity (Wildman–Crippen MR) is 122 cm³/mol. The number of rotatable bonds is 9. The van der Waals surface area contributed by atoms with Gasteiger partial charge in [0.2, 0.25) is 5.91 Å². The number of nitrogens with two attached hydrogens (primary N) is 1. The summed E-state index contributed by atoms with van der Waals surface area (Å²) < 4.78 is 6.34. The number of nitrogens with one attached hydrogen (secondary N) is 1. The SMILES string of the molecule is COCCN(C(=O)CSc1cc(Cl)ccc1Cl)c1c(N)n(CC(C)C)c(=O)[nH]c1=O. The fourth-order valence-electron chi connectivity index (χ4n) is 2.73. The highest BCUT2D eigenvalue weighted by molar-refractivity contribution is 8.00. The number of aromatic nitrogens is 2. The van der Waals surface area contributed by atoms with E-state index in [0.29, 0.717) is 21.5 Å². The quantitative estimate of drug-likeness (QED) is 0.540. The first kappa shape index (κ1) is 24.3. The molecule has 30 heavy (non-hydrogen) atoms. The fraction of sp³-hybridized carbons (Fsp3) is 0.421. The first-order chi connectivity index (χ1) is 14.1. The number of benzene rings is 1. The summed E-state index contributed by atoms with van der Waals surface area (Å²) in [5.74, 6) is -0.369. The first-order valence-corrected chi connectivity index (χ1v) is 10.9. The van der Waals surface area contributed by atoms with E-state index in [4.69, 9.17) is 33.7 Å². The van der Waals surface area contributed by atoms with Crippen LogP contribution in [0.25, 0.3) is 0 Å². The molecule has 0 fully saturated rings. The van der Waals surface area contributed by atoms with E-state index in [-0.39, 0.29) is 42.2 Å². The van der Waals surface area contributed by atoms with Crippen molar-refractivity contribution in [3.8, 4) is 0 Å². The number of ether oxygens (including phenoxy) is 1. The molecule has 11 heteroatoms. The molecular formula is C19H24Cl2N4O4S. The Morgan fingerprint density at radius 3 is 2.67 bits per heavy atom. The molecule has 1 aromatic carbocycles. The average Bonchev–Trinajstić information content (AvgIpc) is 2.67. The number of anilines is 2. The Kier molecular flexibility index (Phi) is 8.84. The van der Waals surface area contributed by atoms with Gasteiger partial charge in [-0.1, -0.05) is 37.0 Å². The molecule has 0 saturated carbocycles. The second-order valence-corrected chi connectivity index (χ2v) is 8.76. The lowest BCUT2D eigenvalue weighted by Gasteiger charge is -2.24. The van der Waals surface area contributed by atoms with Crippen LogP contribution in [0.4, 0.5) is 11.5 Å². The van der Waals surface area contributed by atoms with Crippen molar-refractivity contribution >= 4 is 52.4 Å². The Morgan fingerprint density at radius 2 is 2.03 bits per heavy atom. The van der Waals surface area contributed by atoms with E-state index in [0.717, 1.165) is 0 Å². The summed E-state index contributed by atoms with van der Waals surface area (Å²) in [5, 5.41) is 0.954. The van der Waals surface area contributed by atoms with Gasteiger partial charge >= 0.3 is 5.69 Å². The minimum Gasteiger partial charge on any atom is -0.383 e. The maximum atomic E-state index is 13.0. The molecule has 1 heterocycles. The van der Waals surface area contributed by atoms with Crippen LogP contribution in [-0.4, -0.2) is 41.5 Å². The largest absolute Gasteiger partial charge is 0.383 e. The van der Waals surface area contributed by atoms with Gasteiger partial charge in [-0.15, -0.1) is 11.8 Å². The number of halogens is 2. The molecule has 8 nitrogen and oxygen atoms in total. The number of carbonyl (C=O) groups excluding carboxylic acids is 1. The number of methoxy groups -OCH3 is 1. The van der Waals surface area contributed by atoms with E-state index in [1.807, 2.05) is 13.8 Å². The summed E-state index contributed by atoms with van der Waals surface area (Å²) in [6.45, 7) is 4.39. The first-order valence-electron chi connectivity index (χ1n) is 9.15. The van der Waals surface area contributed by atoms with Crippen LogP contribution in [0.15, 0.2) is 32.7 Å². The third-order valence-corrected chi connectivity index (χ3v) is 5.81. The molecule has 0 spiro atoms. The predicted octanol–water partition coefficient (Wildman–Crippen LogP) is 2.85. The number of nitrogens with zero attached hydrogens (tertiary/aromatic N) is 2. The molecule has 0 saturated heterocycles. The molecule has 1 amide bonds. The van der Waals surface area contributed by atoms with E-state index in [1.165, 1.54) is 28.3 Å². The van der Waals surface area contributed by atoms with Gasteiger partial charge in [0.05, 0.1) is 17.4 Å². The summed E-state index contributed by atoms with van der Waals surface area (Å²) in [6.07, 6.45) is 0. The van der Waals surface area contributed by atoms with Crippen LogP contribution in [0.5, 0.6) is 0 Å². The van der Waals surface area contributed by atoms with E-state index >= 15 is 0 Å². The molecule has 0 radical (unpaired) electrons. The maximum Gasteiger partial charge on any atom is 0.330 e. The third-order valence-electron chi connectivity index (χ3n) is 4.10. The highest BCUT2D eigenvalue weighted by Gasteiger charge is 2.24. The van der Waals surface area contributed by atoms with Crippen LogP contribution in [0.1, 0.15) is 13.8 Å². The minimum absolute atomic E-state index is 0.0219. The van der Waals surface area contributed by atoms with Crippen LogP contribution < -0.4 is 21.9 Å². The second kappa shape index (κ2) is 10.9. The number of amides is 1. The number of aromatic amines is 1. The molecule has 1 aromatic heterocycles. The summed E-state index contributed by atoms with van der Waals surface area (Å²) in [5.41, 5.74) is 4.74. The van der Waals surface area contributed by atoms with Crippen LogP contribution in [0, 0.1) is 5.92 Å². The topological polar surface area (TPSA) is 110 Å². The van der Waals surface area contributed by atoms with E-state index in [1.54, 1.807) is 18.2 Å². The van der Waals surface area contributed by atoms with Gasteiger partial charge in [-0.05, 0) is 24.1 Å². The van der Waals surface area contributed by atoms with Crippen molar-refractivity contribution < 1.29 is 9.53 Å². The van der Waals surface area contributed by atoms with E-state index in [9.17, 15) is 14.4 Å². The van der Waals surface area contributed by atoms with Gasteiger partial charge in [0, 0.05) is 30.1 Å². The number of H-pyrrole nitrogens is 1. The summed E-state index contributed by atoms with van der Waals surface area (Å²) >= 11 is 13.3. The zero-order valence-electron chi connectivity index (χ0n) is 16.9. The fourth-order valence-corrected chi connectivity index (χ4v) is 4.10. The van der Waals surface area contributed by atoms with Crippen LogP contribution in [0.2, 0.25) is 10.0 Å². The number of nitrogen functional groups attached to an aromatic ring is 1. The molecule has 0 aliphatic carbocycles. The number of hydrogen-bond donors (Lipinski definition) is 2. The second-order valence-electron chi connectivity index (χ2n) is 6.90. The molecule has 0 atom stereocenters. The van der Waals surface area contributed by atoms with Crippen molar-refractivity contribution in [2.45, 2.75) is 25.3 Å². The van der Waals surface area contributed by atoms with Gasteiger partial charge in [-0.2, -0.15) is 0 Å². The zero-order valence-corrected chi connectivity index (χ0v) is 19.2. The normalized spacial score (nSPS) is 11.1. The van der Waals surface area contributed by atoms with Crippen LogP contribution in [0.3, 0.4) is 0 Å². The molecule has 3 N–H and O–H groups in total. The van der Waals surface area contributed by atoms with E-state index < -0.39 is 11.2 Å². The van der Waals surface area contributed by atoms with Crippen LogP contribution in [-0.2, 0) is 16.1 Å². The van der Waals surface area contributed by atoms with Crippen molar-refractivity contribution in [2.24, 2.45) is 5.92 Å². The molecule has 0 bridgehead atoms. The number of carbonyl (C=O) groups is 1. The molecule has 0 unspecified atom stereocenters. The van der Waals surface area contributed by atoms with Gasteiger partial charge < -0.3 is 15.4 Å². The monoisotopic (exact) mass is 474 g/mol. The third kappa shape index (κ3) is 6.04. The average molecular weight is 475 g/mol. The standard InChI is InChI=1S/C19H24Cl2N4O4S/c1-11(2)9-25-17(22)16(18(27)23-19(25)28)24(6-7-29-3)15(26)10-30-14-8-12(20)4-5-13(14)21/h4-5,8,11H,6-7,9-10,22H2,1-3H3,(H,23,27,28). The lowest BCUT2D eigenvalue weighted by Crippen LogP contribution is -2.43. The maximum absolute atomic E-state index is 13.0. The highest BCUT2D eigenvalue weighted by atomic mass is 35.5. The number of hydrogen-bond acceptors (Lipinski definition) is 6. The zero-order chi connectivity index (χ0) is 22.4. The minimum atomic E-state index is -0.729. The number of thioether (sulfide) groups is 1. The Morgan fingerprint density at radius 1 is 1.33 bits per heavy atom. The highest BCUT2D eigenvalue weighted by Crippen LogP contribution is 2.30. The molecule has 2 rings (SSSR count). The smallest absolute Gasteiger partial charge is 0.330 e. The van der Waals surface area contributed by atoms with Crippen molar-refractivity contribution in [2.75, 3.05) is 36.6 Å². The van der Waals surface area contributed by atoms with Gasteiger partial charge in [0.1, 0.15) is 5.82 Å².